The summed E-state index contributed by atoms with van der Waals surface area (Å²) in [5, 5.41) is 8.96. The second kappa shape index (κ2) is 10.6. The number of nitrogens with one attached hydrogen (secondary N) is 3. The predicted molar refractivity (Wildman–Crippen MR) is 107 cm³/mol. The highest BCUT2D eigenvalue weighted by Gasteiger charge is 2.15. The van der Waals surface area contributed by atoms with Crippen LogP contribution in [0.15, 0.2) is 48.8 Å². The van der Waals surface area contributed by atoms with Crippen molar-refractivity contribution in [1.82, 2.24) is 20.9 Å². The Labute approximate surface area is 165 Å². The SMILES string of the molecule is Cl.O=C(NCCNC(=O)c1ccc(CC2CCNC2)cc1)c1ccncc1. The molecule has 1 atom stereocenters. The average Bonchev–Trinajstić information content (AvgIpc) is 3.19. The normalized spacial score (nSPS) is 15.6. The molecule has 1 aromatic heterocycles. The summed E-state index contributed by atoms with van der Waals surface area (Å²) in [6, 6.07) is 11.1. The van der Waals surface area contributed by atoms with Crippen LogP contribution in [0.2, 0.25) is 0 Å². The van der Waals surface area contributed by atoms with E-state index in [1.165, 1.54) is 12.0 Å². The van der Waals surface area contributed by atoms with Gasteiger partial charge >= 0.3 is 0 Å². The number of rotatable bonds is 7. The van der Waals surface area contributed by atoms with E-state index in [9.17, 15) is 9.59 Å². The van der Waals surface area contributed by atoms with E-state index in [1.54, 1.807) is 24.5 Å². The Morgan fingerprint density at radius 1 is 0.963 bits per heavy atom. The zero-order chi connectivity index (χ0) is 18.2. The molecule has 0 spiro atoms. The van der Waals surface area contributed by atoms with Crippen molar-refractivity contribution in [3.63, 3.8) is 0 Å². The largest absolute Gasteiger partial charge is 0.350 e. The highest BCUT2D eigenvalue weighted by atomic mass is 35.5. The number of hydrogen-bond acceptors (Lipinski definition) is 4. The van der Waals surface area contributed by atoms with Gasteiger partial charge in [-0.05, 0) is 61.7 Å². The maximum atomic E-state index is 12.2. The summed E-state index contributed by atoms with van der Waals surface area (Å²) in [5.74, 6) is 0.392. The molecule has 0 bridgehead atoms. The molecule has 144 valence electrons. The Hall–Kier alpha value is -2.44. The van der Waals surface area contributed by atoms with Crippen molar-refractivity contribution in [2.75, 3.05) is 26.2 Å². The average molecular weight is 389 g/mol. The fourth-order valence-electron chi connectivity index (χ4n) is 3.07. The maximum absolute atomic E-state index is 12.2. The van der Waals surface area contributed by atoms with Gasteiger partial charge in [0.25, 0.3) is 11.8 Å². The van der Waals surface area contributed by atoms with Crippen molar-refractivity contribution < 1.29 is 9.59 Å². The molecule has 0 aliphatic carbocycles. The van der Waals surface area contributed by atoms with Gasteiger partial charge in [-0.2, -0.15) is 0 Å². The molecule has 27 heavy (non-hydrogen) atoms. The number of benzene rings is 1. The van der Waals surface area contributed by atoms with Gasteiger partial charge < -0.3 is 16.0 Å². The molecule has 7 heteroatoms. The molecule has 1 aliphatic rings. The molecule has 1 aromatic carbocycles. The minimum Gasteiger partial charge on any atom is -0.350 e. The lowest BCUT2D eigenvalue weighted by Crippen LogP contribution is -2.34. The topological polar surface area (TPSA) is 83.1 Å². The van der Waals surface area contributed by atoms with Crippen molar-refractivity contribution in [3.8, 4) is 0 Å². The number of carbonyl (C=O) groups excluding carboxylic acids is 2. The van der Waals surface area contributed by atoms with E-state index in [0.717, 1.165) is 19.5 Å². The third-order valence-electron chi connectivity index (χ3n) is 4.54. The Morgan fingerprint density at radius 2 is 1.56 bits per heavy atom. The standard InChI is InChI=1S/C20H24N4O2.ClH/c25-19(23-11-12-24-20(26)18-6-9-21-10-7-18)17-3-1-15(2-4-17)13-16-5-8-22-14-16;/h1-4,6-7,9-10,16,22H,5,8,11-14H2,(H,23,25)(H,24,26);1H. The summed E-state index contributed by atoms with van der Waals surface area (Å²) in [6.07, 6.45) is 5.41. The molecule has 2 heterocycles. The van der Waals surface area contributed by atoms with Crippen LogP contribution in [0.5, 0.6) is 0 Å². The maximum Gasteiger partial charge on any atom is 0.251 e. The van der Waals surface area contributed by atoms with Gasteiger partial charge in [-0.1, -0.05) is 12.1 Å². The molecule has 2 amide bonds. The first kappa shape index (κ1) is 20.9. The van der Waals surface area contributed by atoms with Crippen LogP contribution in [-0.4, -0.2) is 43.0 Å². The van der Waals surface area contributed by atoms with Crippen LogP contribution in [0, 0.1) is 5.92 Å². The van der Waals surface area contributed by atoms with Crippen molar-refractivity contribution in [1.29, 1.82) is 0 Å². The molecule has 0 radical (unpaired) electrons. The molecule has 1 saturated heterocycles. The van der Waals surface area contributed by atoms with E-state index < -0.39 is 0 Å². The quantitative estimate of drug-likeness (QED) is 0.632. The summed E-state index contributed by atoms with van der Waals surface area (Å²) in [7, 11) is 0. The van der Waals surface area contributed by atoms with E-state index in [-0.39, 0.29) is 24.2 Å². The van der Waals surface area contributed by atoms with Crippen molar-refractivity contribution >= 4 is 24.2 Å². The molecule has 3 rings (SSSR count). The Bertz CT molecular complexity index is 731. The first-order valence-corrected chi connectivity index (χ1v) is 8.98. The van der Waals surface area contributed by atoms with Crippen LogP contribution < -0.4 is 16.0 Å². The highest BCUT2D eigenvalue weighted by Crippen LogP contribution is 2.15. The third kappa shape index (κ3) is 6.34. The smallest absolute Gasteiger partial charge is 0.251 e. The lowest BCUT2D eigenvalue weighted by atomic mass is 9.98. The van der Waals surface area contributed by atoms with E-state index in [0.29, 0.717) is 30.1 Å². The van der Waals surface area contributed by atoms with Gasteiger partial charge in [0, 0.05) is 36.6 Å². The molecule has 1 unspecified atom stereocenters. The van der Waals surface area contributed by atoms with Crippen LogP contribution in [0.4, 0.5) is 0 Å². The van der Waals surface area contributed by atoms with E-state index >= 15 is 0 Å². The Morgan fingerprint density at radius 3 is 2.11 bits per heavy atom. The zero-order valence-corrected chi connectivity index (χ0v) is 15.9. The second-order valence-corrected chi connectivity index (χ2v) is 6.51. The first-order chi connectivity index (χ1) is 12.7. The Kier molecular flexibility index (Phi) is 8.23. The fourth-order valence-corrected chi connectivity index (χ4v) is 3.07. The first-order valence-electron chi connectivity index (χ1n) is 8.98. The molecular formula is C20H25ClN4O2. The summed E-state index contributed by atoms with van der Waals surface area (Å²) in [4.78, 5) is 27.9. The number of aromatic nitrogens is 1. The number of hydrogen-bond donors (Lipinski definition) is 3. The highest BCUT2D eigenvalue weighted by molar-refractivity contribution is 5.95. The molecule has 1 aliphatic heterocycles. The van der Waals surface area contributed by atoms with E-state index in [4.69, 9.17) is 0 Å². The third-order valence-corrected chi connectivity index (χ3v) is 4.54. The van der Waals surface area contributed by atoms with Crippen molar-refractivity contribution in [3.05, 3.63) is 65.5 Å². The second-order valence-electron chi connectivity index (χ2n) is 6.51. The minimum absolute atomic E-state index is 0. The zero-order valence-electron chi connectivity index (χ0n) is 15.1. The number of pyridine rings is 1. The van der Waals surface area contributed by atoms with Gasteiger partial charge in [0.15, 0.2) is 0 Å². The molecule has 0 saturated carbocycles. The summed E-state index contributed by atoms with van der Waals surface area (Å²) < 4.78 is 0. The van der Waals surface area contributed by atoms with E-state index in [2.05, 4.69) is 20.9 Å². The number of nitrogens with zero attached hydrogens (tertiary/aromatic N) is 1. The molecule has 6 nitrogen and oxygen atoms in total. The molecule has 3 N–H and O–H groups in total. The van der Waals surface area contributed by atoms with Gasteiger partial charge in [0.1, 0.15) is 0 Å². The molecular weight excluding hydrogens is 364 g/mol. The van der Waals surface area contributed by atoms with Crippen molar-refractivity contribution in [2.24, 2.45) is 5.92 Å². The summed E-state index contributed by atoms with van der Waals surface area (Å²) in [6.45, 7) is 2.93. The molecule has 2 aromatic rings. The van der Waals surface area contributed by atoms with Crippen LogP contribution >= 0.6 is 12.4 Å². The summed E-state index contributed by atoms with van der Waals surface area (Å²) >= 11 is 0. The summed E-state index contributed by atoms with van der Waals surface area (Å²) in [5.41, 5.74) is 2.46. The van der Waals surface area contributed by atoms with Gasteiger partial charge in [-0.3, -0.25) is 14.6 Å². The fraction of sp³-hybridized carbons (Fsp3) is 0.350. The monoisotopic (exact) mass is 388 g/mol. The van der Waals surface area contributed by atoms with Crippen LogP contribution in [0.1, 0.15) is 32.7 Å². The van der Waals surface area contributed by atoms with Gasteiger partial charge in [-0.15, -0.1) is 12.4 Å². The van der Waals surface area contributed by atoms with Crippen LogP contribution in [0.3, 0.4) is 0 Å². The number of halogens is 1. The van der Waals surface area contributed by atoms with Crippen LogP contribution in [0.25, 0.3) is 0 Å². The van der Waals surface area contributed by atoms with Crippen molar-refractivity contribution in [2.45, 2.75) is 12.8 Å². The number of amides is 2. The lowest BCUT2D eigenvalue weighted by Gasteiger charge is -2.10. The predicted octanol–water partition coefficient (Wildman–Crippen LogP) is 1.82. The number of carbonyl (C=O) groups is 2. The minimum atomic E-state index is -0.174. The van der Waals surface area contributed by atoms with Gasteiger partial charge in [0.2, 0.25) is 0 Å². The van der Waals surface area contributed by atoms with Gasteiger partial charge in [0.05, 0.1) is 0 Å². The van der Waals surface area contributed by atoms with E-state index in [1.807, 2.05) is 24.3 Å². The lowest BCUT2D eigenvalue weighted by molar-refractivity contribution is 0.0927. The van der Waals surface area contributed by atoms with Gasteiger partial charge in [-0.25, -0.2) is 0 Å². The Balaban J connectivity index is 0.00000261. The van der Waals surface area contributed by atoms with Crippen LogP contribution in [-0.2, 0) is 6.42 Å². The molecule has 1 fully saturated rings.